The van der Waals surface area contributed by atoms with E-state index >= 15 is 0 Å². The van der Waals surface area contributed by atoms with Gasteiger partial charge in [-0.2, -0.15) is 5.10 Å². The van der Waals surface area contributed by atoms with E-state index in [4.69, 9.17) is 0 Å². The van der Waals surface area contributed by atoms with Gasteiger partial charge < -0.3 is 15.3 Å². The summed E-state index contributed by atoms with van der Waals surface area (Å²) in [6.45, 7) is 1.04. The molecule has 108 valence electrons. The van der Waals surface area contributed by atoms with E-state index in [0.29, 0.717) is 18.8 Å². The molecule has 0 aliphatic carbocycles. The molecule has 1 atom stereocenters. The molecule has 7 nitrogen and oxygen atoms in total. The molecule has 1 aromatic rings. The number of rotatable bonds is 4. The lowest BCUT2D eigenvalue weighted by atomic mass is 10.1. The molecule has 0 bridgehead atoms. The zero-order valence-corrected chi connectivity index (χ0v) is 12.3. The summed E-state index contributed by atoms with van der Waals surface area (Å²) in [7, 11) is 0. The van der Waals surface area contributed by atoms with Crippen LogP contribution in [0.4, 0.5) is 4.79 Å². The number of carboxylic acid groups (broad SMARTS) is 1. The Morgan fingerprint density at radius 3 is 2.95 bits per heavy atom. The first kappa shape index (κ1) is 14.6. The normalized spacial score (nSPS) is 16.4. The second-order valence-corrected chi connectivity index (χ2v) is 5.49. The highest BCUT2D eigenvalue weighted by Gasteiger charge is 2.24. The second-order valence-electron chi connectivity index (χ2n) is 4.47. The maximum Gasteiger partial charge on any atom is 0.326 e. The van der Waals surface area contributed by atoms with Gasteiger partial charge >= 0.3 is 12.0 Å². The molecule has 8 heteroatoms. The van der Waals surface area contributed by atoms with Gasteiger partial charge in [0.25, 0.3) is 0 Å². The van der Waals surface area contributed by atoms with Crippen molar-refractivity contribution in [2.75, 3.05) is 13.1 Å². The fourth-order valence-corrected chi connectivity index (χ4v) is 2.21. The SMILES string of the molecule is O=C(O)C(Cc1ccn[nH]1)NC(=O)N1CC=C(Br)CC1. The highest BCUT2D eigenvalue weighted by molar-refractivity contribution is 9.11. The number of carbonyl (C=O) groups excluding carboxylic acids is 1. The first-order chi connectivity index (χ1) is 9.56. The van der Waals surface area contributed by atoms with Crippen LogP contribution in [0.25, 0.3) is 0 Å². The largest absolute Gasteiger partial charge is 0.480 e. The summed E-state index contributed by atoms with van der Waals surface area (Å²) in [6.07, 6.45) is 4.36. The van der Waals surface area contributed by atoms with Crippen LogP contribution in [0, 0.1) is 0 Å². The van der Waals surface area contributed by atoms with Gasteiger partial charge in [0.1, 0.15) is 6.04 Å². The van der Waals surface area contributed by atoms with Crippen molar-refractivity contribution in [3.63, 3.8) is 0 Å². The average molecular weight is 343 g/mol. The van der Waals surface area contributed by atoms with Gasteiger partial charge in [-0.25, -0.2) is 9.59 Å². The Labute approximate surface area is 124 Å². The minimum atomic E-state index is -1.07. The molecule has 2 amide bonds. The molecule has 2 rings (SSSR count). The van der Waals surface area contributed by atoms with Crippen LogP contribution < -0.4 is 5.32 Å². The average Bonchev–Trinajstić information content (AvgIpc) is 2.91. The summed E-state index contributed by atoms with van der Waals surface area (Å²) >= 11 is 3.38. The Morgan fingerprint density at radius 2 is 2.40 bits per heavy atom. The van der Waals surface area contributed by atoms with E-state index in [0.717, 1.165) is 10.9 Å². The molecule has 0 spiro atoms. The lowest BCUT2D eigenvalue weighted by Crippen LogP contribution is -2.49. The Morgan fingerprint density at radius 1 is 1.60 bits per heavy atom. The Kier molecular flexibility index (Phi) is 4.78. The molecule has 3 N–H and O–H groups in total. The maximum atomic E-state index is 12.0. The standard InChI is InChI=1S/C12H15BrN4O3/c13-8-2-5-17(6-3-8)12(20)15-10(11(18)19)7-9-1-4-14-16-9/h1-2,4,10H,3,5-7H2,(H,14,16)(H,15,20)(H,18,19). The molecule has 0 saturated heterocycles. The number of aromatic nitrogens is 2. The van der Waals surface area contributed by atoms with Gasteiger partial charge in [-0.3, -0.25) is 5.10 Å². The van der Waals surface area contributed by atoms with Gasteiger partial charge in [0.05, 0.1) is 0 Å². The van der Waals surface area contributed by atoms with Crippen LogP contribution in [-0.4, -0.2) is 51.3 Å². The van der Waals surface area contributed by atoms with Gasteiger partial charge in [-0.1, -0.05) is 22.0 Å². The van der Waals surface area contributed by atoms with Crippen molar-refractivity contribution in [1.29, 1.82) is 0 Å². The first-order valence-electron chi connectivity index (χ1n) is 6.17. The van der Waals surface area contributed by atoms with Crippen LogP contribution in [0.3, 0.4) is 0 Å². The fraction of sp³-hybridized carbons (Fsp3) is 0.417. The fourth-order valence-electron chi connectivity index (χ4n) is 1.89. The smallest absolute Gasteiger partial charge is 0.326 e. The molecule has 20 heavy (non-hydrogen) atoms. The summed E-state index contributed by atoms with van der Waals surface area (Å²) < 4.78 is 1.06. The summed E-state index contributed by atoms with van der Waals surface area (Å²) in [5, 5.41) is 18.2. The van der Waals surface area contributed by atoms with Crippen LogP contribution in [0.2, 0.25) is 0 Å². The van der Waals surface area contributed by atoms with Crippen molar-refractivity contribution in [3.8, 4) is 0 Å². The minimum Gasteiger partial charge on any atom is -0.480 e. The molecule has 1 unspecified atom stereocenters. The third kappa shape index (κ3) is 3.83. The third-order valence-corrected chi connectivity index (χ3v) is 3.74. The van der Waals surface area contributed by atoms with Crippen molar-refractivity contribution < 1.29 is 14.7 Å². The Hall–Kier alpha value is -1.83. The molecule has 0 fully saturated rings. The van der Waals surface area contributed by atoms with Gasteiger partial charge in [0.15, 0.2) is 0 Å². The van der Waals surface area contributed by atoms with E-state index in [1.807, 2.05) is 6.08 Å². The maximum absolute atomic E-state index is 12.0. The molecular formula is C12H15BrN4O3. The molecule has 1 aromatic heterocycles. The number of urea groups is 1. The summed E-state index contributed by atoms with van der Waals surface area (Å²) in [5.41, 5.74) is 0.666. The number of hydrogen-bond acceptors (Lipinski definition) is 3. The van der Waals surface area contributed by atoms with Crippen LogP contribution in [-0.2, 0) is 11.2 Å². The monoisotopic (exact) mass is 342 g/mol. The molecule has 1 aliphatic heterocycles. The van der Waals surface area contributed by atoms with Crippen molar-refractivity contribution in [2.45, 2.75) is 18.9 Å². The van der Waals surface area contributed by atoms with E-state index in [1.54, 1.807) is 17.2 Å². The molecule has 2 heterocycles. The molecule has 0 radical (unpaired) electrons. The Bertz CT molecular complexity index is 515. The van der Waals surface area contributed by atoms with Crippen LogP contribution in [0.1, 0.15) is 12.1 Å². The number of nitrogens with zero attached hydrogens (tertiary/aromatic N) is 2. The zero-order chi connectivity index (χ0) is 14.5. The lowest BCUT2D eigenvalue weighted by molar-refractivity contribution is -0.139. The van der Waals surface area contributed by atoms with E-state index in [9.17, 15) is 14.7 Å². The van der Waals surface area contributed by atoms with Gasteiger partial charge in [-0.15, -0.1) is 0 Å². The topological polar surface area (TPSA) is 98.3 Å². The number of halogens is 1. The van der Waals surface area contributed by atoms with Gasteiger partial charge in [-0.05, 0) is 17.0 Å². The number of amides is 2. The van der Waals surface area contributed by atoms with Crippen molar-refractivity contribution >= 4 is 27.9 Å². The lowest BCUT2D eigenvalue weighted by Gasteiger charge is -2.26. The van der Waals surface area contributed by atoms with Crippen molar-refractivity contribution in [3.05, 3.63) is 28.5 Å². The van der Waals surface area contributed by atoms with E-state index in [1.165, 1.54) is 0 Å². The highest BCUT2D eigenvalue weighted by Crippen LogP contribution is 2.16. The highest BCUT2D eigenvalue weighted by atomic mass is 79.9. The molecule has 0 aromatic carbocycles. The summed E-state index contributed by atoms with van der Waals surface area (Å²) in [6, 6.07) is 0.341. The number of aliphatic carboxylic acids is 1. The zero-order valence-electron chi connectivity index (χ0n) is 10.7. The third-order valence-electron chi connectivity index (χ3n) is 3.02. The molecular weight excluding hydrogens is 328 g/mol. The number of aromatic amines is 1. The summed E-state index contributed by atoms with van der Waals surface area (Å²) in [4.78, 5) is 24.8. The number of carbonyl (C=O) groups is 2. The van der Waals surface area contributed by atoms with Crippen LogP contribution in [0.15, 0.2) is 22.8 Å². The number of carboxylic acids is 1. The minimum absolute atomic E-state index is 0.175. The molecule has 1 aliphatic rings. The Balaban J connectivity index is 1.94. The van der Waals surface area contributed by atoms with E-state index < -0.39 is 12.0 Å². The van der Waals surface area contributed by atoms with Crippen molar-refractivity contribution in [2.24, 2.45) is 0 Å². The number of nitrogens with one attached hydrogen (secondary N) is 2. The first-order valence-corrected chi connectivity index (χ1v) is 6.96. The van der Waals surface area contributed by atoms with Gasteiger partial charge in [0, 0.05) is 31.4 Å². The number of hydrogen-bond donors (Lipinski definition) is 3. The predicted molar refractivity (Wildman–Crippen MR) is 75.4 cm³/mol. The predicted octanol–water partition coefficient (Wildman–Crippen LogP) is 1.10. The van der Waals surface area contributed by atoms with E-state index in [2.05, 4.69) is 31.4 Å². The van der Waals surface area contributed by atoms with E-state index in [-0.39, 0.29) is 12.5 Å². The van der Waals surface area contributed by atoms with Gasteiger partial charge in [0.2, 0.25) is 0 Å². The number of H-pyrrole nitrogens is 1. The van der Waals surface area contributed by atoms with Crippen LogP contribution in [0.5, 0.6) is 0 Å². The van der Waals surface area contributed by atoms with Crippen LogP contribution >= 0.6 is 15.9 Å². The summed E-state index contributed by atoms with van der Waals surface area (Å²) in [5.74, 6) is -1.07. The molecule has 0 saturated carbocycles. The van der Waals surface area contributed by atoms with Crippen molar-refractivity contribution in [1.82, 2.24) is 20.4 Å². The second kappa shape index (κ2) is 6.56. The quantitative estimate of drug-likeness (QED) is 0.762.